The molecular weight excluding hydrogens is 338 g/mol. The van der Waals surface area contributed by atoms with Crippen LogP contribution in [0.4, 0.5) is 5.82 Å². The molecule has 1 aromatic carbocycles. The SMILES string of the molecule is C=CCSc1nc2c(c(=O)[nH]1)C(c1ccc(OCC)cc1)CC(=O)N2. The van der Waals surface area contributed by atoms with Crippen molar-refractivity contribution in [3.05, 3.63) is 58.4 Å². The minimum Gasteiger partial charge on any atom is -0.494 e. The average Bonchev–Trinajstić information content (AvgIpc) is 2.60. The summed E-state index contributed by atoms with van der Waals surface area (Å²) in [4.78, 5) is 31.9. The molecule has 130 valence electrons. The van der Waals surface area contributed by atoms with Gasteiger partial charge in [-0.05, 0) is 24.6 Å². The quantitative estimate of drug-likeness (QED) is 0.472. The van der Waals surface area contributed by atoms with Crippen LogP contribution in [0.3, 0.4) is 0 Å². The smallest absolute Gasteiger partial charge is 0.257 e. The standard InChI is InChI=1S/C18H19N3O3S/c1-3-9-25-18-20-16-15(17(23)21-18)13(10-14(22)19-16)11-5-7-12(8-6-11)24-4-2/h3,5-8,13H,1,4,9-10H2,2H3,(H2,19,20,21,22,23). The molecule has 0 saturated heterocycles. The van der Waals surface area contributed by atoms with Crippen LogP contribution in [0.15, 0.2) is 46.9 Å². The lowest BCUT2D eigenvalue weighted by atomic mass is 9.87. The Kier molecular flexibility index (Phi) is 5.23. The molecule has 0 aliphatic carbocycles. The van der Waals surface area contributed by atoms with Crippen LogP contribution in [-0.4, -0.2) is 28.2 Å². The zero-order valence-electron chi connectivity index (χ0n) is 13.9. The maximum atomic E-state index is 12.6. The summed E-state index contributed by atoms with van der Waals surface area (Å²) in [6.45, 7) is 6.15. The van der Waals surface area contributed by atoms with Crippen molar-refractivity contribution in [3.8, 4) is 5.75 Å². The van der Waals surface area contributed by atoms with Crippen LogP contribution >= 0.6 is 11.8 Å². The molecule has 7 heteroatoms. The molecule has 0 saturated carbocycles. The normalized spacial score (nSPS) is 16.0. The van der Waals surface area contributed by atoms with Crippen LogP contribution in [0.2, 0.25) is 0 Å². The predicted octanol–water partition coefficient (Wildman–Crippen LogP) is 2.92. The molecule has 0 fully saturated rings. The number of anilines is 1. The molecule has 0 radical (unpaired) electrons. The fourth-order valence-electron chi connectivity index (χ4n) is 2.80. The summed E-state index contributed by atoms with van der Waals surface area (Å²) < 4.78 is 5.45. The van der Waals surface area contributed by atoms with Crippen molar-refractivity contribution in [1.29, 1.82) is 0 Å². The van der Waals surface area contributed by atoms with Gasteiger partial charge in [-0.15, -0.1) is 6.58 Å². The third-order valence-corrected chi connectivity index (χ3v) is 4.73. The summed E-state index contributed by atoms with van der Waals surface area (Å²) in [5.41, 5.74) is 1.15. The van der Waals surface area contributed by atoms with E-state index in [0.717, 1.165) is 11.3 Å². The maximum absolute atomic E-state index is 12.6. The van der Waals surface area contributed by atoms with Crippen molar-refractivity contribution in [2.75, 3.05) is 17.7 Å². The number of nitrogens with one attached hydrogen (secondary N) is 2. The van der Waals surface area contributed by atoms with Crippen LogP contribution < -0.4 is 15.6 Å². The van der Waals surface area contributed by atoms with E-state index < -0.39 is 0 Å². The summed E-state index contributed by atoms with van der Waals surface area (Å²) in [7, 11) is 0. The molecule has 1 aliphatic heterocycles. The first-order chi connectivity index (χ1) is 12.1. The first-order valence-electron chi connectivity index (χ1n) is 8.03. The molecule has 1 unspecified atom stereocenters. The highest BCUT2D eigenvalue weighted by molar-refractivity contribution is 7.99. The summed E-state index contributed by atoms with van der Waals surface area (Å²) in [5.74, 6) is 1.25. The van der Waals surface area contributed by atoms with E-state index in [4.69, 9.17) is 4.74 Å². The van der Waals surface area contributed by atoms with Gasteiger partial charge in [0, 0.05) is 18.1 Å². The lowest BCUT2D eigenvalue weighted by molar-refractivity contribution is -0.116. The van der Waals surface area contributed by atoms with Gasteiger partial charge in [0.25, 0.3) is 5.56 Å². The van der Waals surface area contributed by atoms with Crippen LogP contribution in [0, 0.1) is 0 Å². The van der Waals surface area contributed by atoms with Gasteiger partial charge in [0.2, 0.25) is 5.91 Å². The average molecular weight is 357 g/mol. The molecule has 0 spiro atoms. The number of ether oxygens (including phenoxy) is 1. The topological polar surface area (TPSA) is 84.1 Å². The molecule has 1 aromatic heterocycles. The van der Waals surface area contributed by atoms with E-state index in [1.54, 1.807) is 6.08 Å². The van der Waals surface area contributed by atoms with Gasteiger partial charge in [-0.2, -0.15) is 0 Å². The van der Waals surface area contributed by atoms with Gasteiger partial charge < -0.3 is 15.0 Å². The third-order valence-electron chi connectivity index (χ3n) is 3.86. The Morgan fingerprint density at radius 1 is 1.36 bits per heavy atom. The summed E-state index contributed by atoms with van der Waals surface area (Å²) in [6, 6.07) is 7.47. The number of carbonyl (C=O) groups is 1. The predicted molar refractivity (Wildman–Crippen MR) is 98.5 cm³/mol. The highest BCUT2D eigenvalue weighted by Gasteiger charge is 2.30. The Labute approximate surface area is 149 Å². The Morgan fingerprint density at radius 3 is 2.80 bits per heavy atom. The molecule has 3 rings (SSSR count). The summed E-state index contributed by atoms with van der Waals surface area (Å²) in [6.07, 6.45) is 1.94. The van der Waals surface area contributed by atoms with Crippen molar-refractivity contribution < 1.29 is 9.53 Å². The van der Waals surface area contributed by atoms with Crippen molar-refractivity contribution in [2.45, 2.75) is 24.4 Å². The van der Waals surface area contributed by atoms with Gasteiger partial charge >= 0.3 is 0 Å². The third kappa shape index (κ3) is 3.76. The number of aromatic nitrogens is 2. The van der Waals surface area contributed by atoms with Crippen molar-refractivity contribution in [3.63, 3.8) is 0 Å². The molecule has 25 heavy (non-hydrogen) atoms. The summed E-state index contributed by atoms with van der Waals surface area (Å²) >= 11 is 1.36. The molecule has 0 bridgehead atoms. The van der Waals surface area contributed by atoms with Crippen LogP contribution in [-0.2, 0) is 4.79 Å². The molecule has 2 N–H and O–H groups in total. The fourth-order valence-corrected chi connectivity index (χ4v) is 3.40. The Morgan fingerprint density at radius 2 is 2.12 bits per heavy atom. The van der Waals surface area contributed by atoms with E-state index in [2.05, 4.69) is 21.9 Å². The van der Waals surface area contributed by atoms with Crippen molar-refractivity contribution in [2.24, 2.45) is 0 Å². The lowest BCUT2D eigenvalue weighted by Gasteiger charge is -2.24. The summed E-state index contributed by atoms with van der Waals surface area (Å²) in [5, 5.41) is 3.18. The molecule has 1 atom stereocenters. The molecule has 2 aromatic rings. The van der Waals surface area contributed by atoms with Gasteiger partial charge in [-0.3, -0.25) is 9.59 Å². The van der Waals surface area contributed by atoms with Gasteiger partial charge in [0.05, 0.1) is 12.2 Å². The number of rotatable bonds is 6. The monoisotopic (exact) mass is 357 g/mol. The lowest BCUT2D eigenvalue weighted by Crippen LogP contribution is -2.31. The van der Waals surface area contributed by atoms with E-state index in [1.165, 1.54) is 11.8 Å². The Hall–Kier alpha value is -2.54. The van der Waals surface area contributed by atoms with Crippen LogP contribution in [0.5, 0.6) is 5.75 Å². The first-order valence-corrected chi connectivity index (χ1v) is 9.01. The number of hydrogen-bond acceptors (Lipinski definition) is 5. The van der Waals surface area contributed by atoms with E-state index in [1.807, 2.05) is 31.2 Å². The number of amides is 1. The minimum atomic E-state index is -0.325. The number of carbonyl (C=O) groups excluding carboxylic acids is 1. The first kappa shape index (κ1) is 17.3. The molecule has 1 aliphatic rings. The van der Waals surface area contributed by atoms with Gasteiger partial charge in [-0.25, -0.2) is 4.98 Å². The van der Waals surface area contributed by atoms with E-state index in [0.29, 0.717) is 28.9 Å². The van der Waals surface area contributed by atoms with E-state index >= 15 is 0 Å². The van der Waals surface area contributed by atoms with Crippen molar-refractivity contribution in [1.82, 2.24) is 9.97 Å². The van der Waals surface area contributed by atoms with Gasteiger partial charge in [0.1, 0.15) is 11.6 Å². The number of benzene rings is 1. The highest BCUT2D eigenvalue weighted by Crippen LogP contribution is 2.35. The van der Waals surface area contributed by atoms with Gasteiger partial charge in [-0.1, -0.05) is 30.0 Å². The van der Waals surface area contributed by atoms with E-state index in [9.17, 15) is 9.59 Å². The number of aromatic amines is 1. The molecule has 6 nitrogen and oxygen atoms in total. The number of nitrogens with zero attached hydrogens (tertiary/aromatic N) is 1. The molecular formula is C18H19N3O3S. The second-order valence-electron chi connectivity index (χ2n) is 5.54. The maximum Gasteiger partial charge on any atom is 0.257 e. The molecule has 1 amide bonds. The number of H-pyrrole nitrogens is 1. The number of fused-ring (bicyclic) bond motifs is 1. The second-order valence-corrected chi connectivity index (χ2v) is 6.55. The molecule has 2 heterocycles. The van der Waals surface area contributed by atoms with Crippen LogP contribution in [0.25, 0.3) is 0 Å². The Balaban J connectivity index is 1.99. The van der Waals surface area contributed by atoms with Crippen molar-refractivity contribution >= 4 is 23.5 Å². The zero-order chi connectivity index (χ0) is 17.8. The number of thioether (sulfide) groups is 1. The van der Waals surface area contributed by atoms with Crippen LogP contribution in [0.1, 0.15) is 30.4 Å². The Bertz CT molecular complexity index is 846. The second kappa shape index (κ2) is 7.57. The zero-order valence-corrected chi connectivity index (χ0v) is 14.7. The number of hydrogen-bond donors (Lipinski definition) is 2. The highest BCUT2D eigenvalue weighted by atomic mass is 32.2. The fraction of sp³-hybridized carbons (Fsp3) is 0.278. The minimum absolute atomic E-state index is 0.149. The largest absolute Gasteiger partial charge is 0.494 e. The van der Waals surface area contributed by atoms with Gasteiger partial charge in [0.15, 0.2) is 5.16 Å². The van der Waals surface area contributed by atoms with E-state index in [-0.39, 0.29) is 23.8 Å².